The number of thiophene rings is 1. The van der Waals surface area contributed by atoms with Crippen molar-refractivity contribution in [3.63, 3.8) is 0 Å². The van der Waals surface area contributed by atoms with E-state index in [0.29, 0.717) is 0 Å². The molecule has 1 aromatic heterocycles. The smallest absolute Gasteiger partial charge is 0.0713 e. The molecule has 0 N–H and O–H groups in total. The molecule has 0 unspecified atom stereocenters. The van der Waals surface area contributed by atoms with Crippen LogP contribution in [-0.4, -0.2) is 0 Å². The molecule has 1 aliphatic rings. The van der Waals surface area contributed by atoms with Crippen molar-refractivity contribution in [1.29, 1.82) is 0 Å². The Morgan fingerprint density at radius 1 is 0.302 bits per heavy atom. The average Bonchev–Trinajstić information content (AvgIpc) is 3.90. The van der Waals surface area contributed by atoms with Gasteiger partial charge < -0.3 is 4.90 Å². The third kappa shape index (κ3) is 6.14. The molecule has 2 heteroatoms. The van der Waals surface area contributed by atoms with Gasteiger partial charge in [0.1, 0.15) is 0 Å². The molecule has 63 heavy (non-hydrogen) atoms. The Morgan fingerprint density at radius 3 is 1.40 bits per heavy atom. The monoisotopic (exact) mass is 819 g/mol. The van der Waals surface area contributed by atoms with E-state index in [-0.39, 0.29) is 0 Å². The van der Waals surface area contributed by atoms with Gasteiger partial charge in [0.2, 0.25) is 0 Å². The molecule has 11 aromatic rings. The molecular weight excluding hydrogens is 779 g/mol. The Kier molecular flexibility index (Phi) is 8.98. The molecule has 0 spiro atoms. The second kappa shape index (κ2) is 15.3. The van der Waals surface area contributed by atoms with Gasteiger partial charge >= 0.3 is 0 Å². The Labute approximate surface area is 372 Å². The lowest BCUT2D eigenvalue weighted by Crippen LogP contribution is -2.28. The van der Waals surface area contributed by atoms with Gasteiger partial charge in [-0.2, -0.15) is 0 Å². The lowest BCUT2D eigenvalue weighted by atomic mass is 9.68. The number of anilines is 3. The van der Waals surface area contributed by atoms with E-state index in [4.69, 9.17) is 0 Å². The van der Waals surface area contributed by atoms with Gasteiger partial charge in [0, 0.05) is 37.2 Å². The van der Waals surface area contributed by atoms with Crippen LogP contribution in [0, 0.1) is 0 Å². The first-order valence-electron chi connectivity index (χ1n) is 21.7. The van der Waals surface area contributed by atoms with Crippen LogP contribution in [0.15, 0.2) is 249 Å². The van der Waals surface area contributed by atoms with Gasteiger partial charge in [-0.3, -0.25) is 0 Å². The first-order valence-corrected chi connectivity index (χ1v) is 22.5. The third-order valence-electron chi connectivity index (χ3n) is 13.0. The third-order valence-corrected chi connectivity index (χ3v) is 14.1. The molecule has 12 rings (SSSR count). The summed E-state index contributed by atoms with van der Waals surface area (Å²) in [6, 6.07) is 91.4. The van der Waals surface area contributed by atoms with Crippen LogP contribution in [0.4, 0.5) is 17.1 Å². The molecule has 1 nitrogen and oxygen atoms in total. The molecular formula is C61H41NS. The fourth-order valence-electron chi connectivity index (χ4n) is 10.1. The highest BCUT2D eigenvalue weighted by atomic mass is 32.1. The molecule has 0 saturated carbocycles. The van der Waals surface area contributed by atoms with Crippen LogP contribution in [0.1, 0.15) is 22.3 Å². The lowest BCUT2D eigenvalue weighted by Gasteiger charge is -2.34. The summed E-state index contributed by atoms with van der Waals surface area (Å²) in [5.74, 6) is 0. The molecule has 0 amide bonds. The SMILES string of the molecule is c1ccc(-c2cccc(-c3ccc(N(c4ccc(-c5cccc6sc7ccccc7c56)cc4)c4ccc(C5(c6ccccc6)c6ccccc6-c6ccccc65)cc4)cc3)c2)cc1. The zero-order chi connectivity index (χ0) is 41.7. The Morgan fingerprint density at radius 2 is 0.746 bits per heavy atom. The number of benzene rings is 10. The zero-order valence-corrected chi connectivity index (χ0v) is 35.3. The minimum Gasteiger partial charge on any atom is -0.311 e. The predicted octanol–water partition coefficient (Wildman–Crippen LogP) is 16.9. The van der Waals surface area contributed by atoms with Gasteiger partial charge in [-0.05, 0) is 121 Å². The predicted molar refractivity (Wildman–Crippen MR) is 268 cm³/mol. The van der Waals surface area contributed by atoms with E-state index in [1.54, 1.807) is 0 Å². The fraction of sp³-hybridized carbons (Fsp3) is 0.0164. The van der Waals surface area contributed by atoms with Gasteiger partial charge in [-0.1, -0.05) is 194 Å². The van der Waals surface area contributed by atoms with Crippen LogP contribution in [0.25, 0.3) is 64.7 Å². The van der Waals surface area contributed by atoms with Crippen LogP contribution < -0.4 is 4.90 Å². The summed E-state index contributed by atoms with van der Waals surface area (Å²) in [6.07, 6.45) is 0. The quantitative estimate of drug-likeness (QED) is 0.148. The first kappa shape index (κ1) is 37.0. The molecule has 1 heterocycles. The van der Waals surface area contributed by atoms with E-state index in [0.717, 1.165) is 17.1 Å². The van der Waals surface area contributed by atoms with Crippen molar-refractivity contribution in [3.05, 3.63) is 271 Å². The molecule has 0 atom stereocenters. The first-order chi connectivity index (χ1) is 31.2. The summed E-state index contributed by atoms with van der Waals surface area (Å²) in [7, 11) is 0. The molecule has 0 radical (unpaired) electrons. The van der Waals surface area contributed by atoms with E-state index < -0.39 is 5.41 Å². The molecule has 296 valence electrons. The van der Waals surface area contributed by atoms with Crippen LogP contribution in [0.3, 0.4) is 0 Å². The summed E-state index contributed by atoms with van der Waals surface area (Å²) in [6.45, 7) is 0. The summed E-state index contributed by atoms with van der Waals surface area (Å²) >= 11 is 1.86. The van der Waals surface area contributed by atoms with E-state index in [1.807, 2.05) is 11.3 Å². The van der Waals surface area contributed by atoms with Crippen molar-refractivity contribution >= 4 is 48.6 Å². The van der Waals surface area contributed by atoms with Crippen molar-refractivity contribution in [2.45, 2.75) is 5.41 Å². The summed E-state index contributed by atoms with van der Waals surface area (Å²) < 4.78 is 2.63. The Hall–Kier alpha value is -7.78. The second-order valence-electron chi connectivity index (χ2n) is 16.4. The van der Waals surface area contributed by atoms with E-state index in [9.17, 15) is 0 Å². The minimum atomic E-state index is -0.456. The van der Waals surface area contributed by atoms with Crippen LogP contribution in [-0.2, 0) is 5.41 Å². The van der Waals surface area contributed by atoms with E-state index in [2.05, 4.69) is 254 Å². The van der Waals surface area contributed by atoms with Gasteiger partial charge in [-0.25, -0.2) is 0 Å². The second-order valence-corrected chi connectivity index (χ2v) is 17.5. The highest BCUT2D eigenvalue weighted by molar-refractivity contribution is 7.25. The maximum absolute atomic E-state index is 2.39. The van der Waals surface area contributed by atoms with Gasteiger partial charge in [0.15, 0.2) is 0 Å². The minimum absolute atomic E-state index is 0.456. The highest BCUT2D eigenvalue weighted by Crippen LogP contribution is 2.56. The van der Waals surface area contributed by atoms with Gasteiger partial charge in [-0.15, -0.1) is 11.3 Å². The number of hydrogen-bond acceptors (Lipinski definition) is 2. The van der Waals surface area contributed by atoms with Crippen LogP contribution in [0.2, 0.25) is 0 Å². The van der Waals surface area contributed by atoms with Gasteiger partial charge in [0.05, 0.1) is 5.41 Å². The Bertz CT molecular complexity index is 3370. The van der Waals surface area contributed by atoms with Crippen molar-refractivity contribution in [2.24, 2.45) is 0 Å². The van der Waals surface area contributed by atoms with Crippen molar-refractivity contribution in [2.75, 3.05) is 4.90 Å². The van der Waals surface area contributed by atoms with Crippen molar-refractivity contribution in [3.8, 4) is 44.5 Å². The number of hydrogen-bond donors (Lipinski definition) is 0. The molecule has 0 fully saturated rings. The summed E-state index contributed by atoms with van der Waals surface area (Å²) in [4.78, 5) is 2.39. The molecule has 10 aromatic carbocycles. The fourth-order valence-corrected chi connectivity index (χ4v) is 11.3. The van der Waals surface area contributed by atoms with Gasteiger partial charge in [0.25, 0.3) is 0 Å². The van der Waals surface area contributed by atoms with E-state index in [1.165, 1.54) is 86.9 Å². The number of fused-ring (bicyclic) bond motifs is 6. The molecule has 0 saturated heterocycles. The standard InChI is InChI=1S/C61H41NS/c1-3-15-42(16-4-1)45-17-13-18-46(41-45)43-29-35-49(36-30-43)62(50-37-31-44(32-38-50)52-24-14-28-59-60(52)55-23-9-12-27-58(55)63-59)51-39-33-48(34-40-51)61(47-19-5-2-6-20-47)56-25-10-7-21-53(56)54-22-8-11-26-57(54)61/h1-41H. The molecule has 0 bridgehead atoms. The number of nitrogens with zero attached hydrogens (tertiary/aromatic N) is 1. The zero-order valence-electron chi connectivity index (χ0n) is 34.5. The highest BCUT2D eigenvalue weighted by Gasteiger charge is 2.45. The maximum Gasteiger partial charge on any atom is 0.0713 e. The van der Waals surface area contributed by atoms with Crippen LogP contribution >= 0.6 is 11.3 Å². The lowest BCUT2D eigenvalue weighted by molar-refractivity contribution is 0.768. The largest absolute Gasteiger partial charge is 0.311 e. The average molecular weight is 820 g/mol. The normalized spacial score (nSPS) is 12.6. The van der Waals surface area contributed by atoms with Crippen molar-refractivity contribution < 1.29 is 0 Å². The van der Waals surface area contributed by atoms with Crippen LogP contribution in [0.5, 0.6) is 0 Å². The van der Waals surface area contributed by atoms with Crippen molar-refractivity contribution in [1.82, 2.24) is 0 Å². The summed E-state index contributed by atoms with van der Waals surface area (Å²) in [5.41, 5.74) is 17.9. The maximum atomic E-state index is 2.39. The number of rotatable bonds is 8. The molecule has 1 aliphatic carbocycles. The topological polar surface area (TPSA) is 3.24 Å². The summed E-state index contributed by atoms with van der Waals surface area (Å²) in [5, 5.41) is 2.64. The Balaban J connectivity index is 0.981. The van der Waals surface area contributed by atoms with E-state index >= 15 is 0 Å². The molecule has 0 aliphatic heterocycles.